The molecule has 0 atom stereocenters. The van der Waals surface area contributed by atoms with E-state index in [1.807, 2.05) is 13.0 Å². The molecule has 158 valence electrons. The van der Waals surface area contributed by atoms with Crippen LogP contribution in [0.5, 0.6) is 5.75 Å². The van der Waals surface area contributed by atoms with Gasteiger partial charge in [-0.2, -0.15) is 0 Å². The molecule has 10 nitrogen and oxygen atoms in total. The number of carbonyl (C=O) groups is 2. The second-order valence-corrected chi connectivity index (χ2v) is 7.50. The van der Waals surface area contributed by atoms with Crippen molar-refractivity contribution in [2.24, 2.45) is 0 Å². The highest BCUT2D eigenvalue weighted by molar-refractivity contribution is 7.23. The number of fused-ring (bicyclic) bond motifs is 1. The van der Waals surface area contributed by atoms with Crippen LogP contribution in [-0.4, -0.2) is 50.7 Å². The van der Waals surface area contributed by atoms with E-state index in [9.17, 15) is 9.59 Å². The molecule has 0 spiro atoms. The largest absolute Gasteiger partial charge is 0.494 e. The van der Waals surface area contributed by atoms with Gasteiger partial charge in [0.15, 0.2) is 5.13 Å². The third-order valence-corrected chi connectivity index (χ3v) is 5.65. The molecule has 0 aliphatic rings. The Bertz CT molecular complexity index is 1240. The average Bonchev–Trinajstić information content (AvgIpc) is 3.44. The summed E-state index contributed by atoms with van der Waals surface area (Å²) in [6, 6.07) is 10.5. The normalized spacial score (nSPS) is 10.8. The summed E-state index contributed by atoms with van der Waals surface area (Å²) >= 11 is 1.29. The van der Waals surface area contributed by atoms with Crippen molar-refractivity contribution in [1.29, 1.82) is 0 Å². The monoisotopic (exact) mass is 437 g/mol. The zero-order chi connectivity index (χ0) is 22.0. The predicted octanol–water partition coefficient (Wildman–Crippen LogP) is 2.91. The first-order valence-corrected chi connectivity index (χ1v) is 10.2. The molecule has 31 heavy (non-hydrogen) atoms. The molecule has 1 N–H and O–H groups in total. The minimum atomic E-state index is -0.304. The van der Waals surface area contributed by atoms with Gasteiger partial charge in [0.05, 0.1) is 23.2 Å². The van der Waals surface area contributed by atoms with Gasteiger partial charge in [-0.15, -0.1) is 5.10 Å². The number of thiazole rings is 1. The number of amides is 2. The lowest BCUT2D eigenvalue weighted by Crippen LogP contribution is -2.27. The molecule has 0 fully saturated rings. The van der Waals surface area contributed by atoms with Crippen LogP contribution < -0.4 is 15.0 Å². The van der Waals surface area contributed by atoms with E-state index in [1.165, 1.54) is 29.3 Å². The summed E-state index contributed by atoms with van der Waals surface area (Å²) in [6.07, 6.45) is 1.47. The van der Waals surface area contributed by atoms with E-state index in [-0.39, 0.29) is 11.8 Å². The van der Waals surface area contributed by atoms with E-state index in [2.05, 4.69) is 25.8 Å². The molecule has 4 aromatic rings. The van der Waals surface area contributed by atoms with Gasteiger partial charge in [0.1, 0.15) is 17.6 Å². The lowest BCUT2D eigenvalue weighted by Gasteiger charge is -2.19. The van der Waals surface area contributed by atoms with Crippen LogP contribution >= 0.6 is 11.3 Å². The van der Waals surface area contributed by atoms with Crippen LogP contribution in [0, 0.1) is 0 Å². The molecule has 4 rings (SSSR count). The number of tetrazole rings is 1. The number of benzene rings is 2. The Balaban J connectivity index is 1.63. The van der Waals surface area contributed by atoms with Crippen LogP contribution in [0.25, 0.3) is 15.9 Å². The maximum Gasteiger partial charge on any atom is 0.257 e. The van der Waals surface area contributed by atoms with Crippen molar-refractivity contribution in [3.05, 3.63) is 48.3 Å². The predicted molar refractivity (Wildman–Crippen MR) is 117 cm³/mol. The van der Waals surface area contributed by atoms with E-state index < -0.39 is 0 Å². The van der Waals surface area contributed by atoms with Crippen LogP contribution in [-0.2, 0) is 4.79 Å². The van der Waals surface area contributed by atoms with Gasteiger partial charge in [-0.3, -0.25) is 14.9 Å². The Morgan fingerprint density at radius 3 is 2.58 bits per heavy atom. The third kappa shape index (κ3) is 3.94. The number of nitrogens with zero attached hydrogens (tertiary/aromatic N) is 6. The number of carbonyl (C=O) groups excluding carboxylic acids is 2. The summed E-state index contributed by atoms with van der Waals surface area (Å²) < 4.78 is 7.68. The van der Waals surface area contributed by atoms with Gasteiger partial charge >= 0.3 is 0 Å². The quantitative estimate of drug-likeness (QED) is 0.493. The second kappa shape index (κ2) is 8.48. The first-order valence-electron chi connectivity index (χ1n) is 9.42. The maximum atomic E-state index is 12.7. The minimum Gasteiger partial charge on any atom is -0.494 e. The van der Waals surface area contributed by atoms with E-state index >= 15 is 0 Å². The molecule has 2 heterocycles. The van der Waals surface area contributed by atoms with Crippen LogP contribution in [0.15, 0.2) is 42.7 Å². The highest BCUT2D eigenvalue weighted by Gasteiger charge is 2.20. The van der Waals surface area contributed by atoms with Crippen molar-refractivity contribution in [2.45, 2.75) is 13.8 Å². The van der Waals surface area contributed by atoms with Gasteiger partial charge in [-0.05, 0) is 53.7 Å². The topological polar surface area (TPSA) is 115 Å². The van der Waals surface area contributed by atoms with Gasteiger partial charge in [-0.1, -0.05) is 11.3 Å². The molecular formula is C20H19N7O3S. The lowest BCUT2D eigenvalue weighted by molar-refractivity contribution is -0.116. The van der Waals surface area contributed by atoms with E-state index in [0.717, 1.165) is 16.1 Å². The fourth-order valence-electron chi connectivity index (χ4n) is 3.18. The molecule has 2 aromatic carbocycles. The molecule has 0 unspecified atom stereocenters. The zero-order valence-corrected chi connectivity index (χ0v) is 17.9. The number of ether oxygens (including phenoxy) is 1. The van der Waals surface area contributed by atoms with Crippen molar-refractivity contribution >= 4 is 44.2 Å². The fourth-order valence-corrected chi connectivity index (χ4v) is 4.18. The smallest absolute Gasteiger partial charge is 0.257 e. The SMILES string of the molecule is CCN(C(C)=O)c1ccc(OC)c2nc(NC(=O)c3ccc(-n4cnnn4)cc3)sc12. The van der Waals surface area contributed by atoms with Gasteiger partial charge in [-0.25, -0.2) is 9.67 Å². The Morgan fingerprint density at radius 1 is 1.19 bits per heavy atom. The number of anilines is 2. The first kappa shape index (κ1) is 20.4. The van der Waals surface area contributed by atoms with Crippen LogP contribution in [0.2, 0.25) is 0 Å². The molecule has 0 radical (unpaired) electrons. The fraction of sp³-hybridized carbons (Fsp3) is 0.200. The third-order valence-electron chi connectivity index (χ3n) is 4.66. The first-order chi connectivity index (χ1) is 15.0. The number of hydrogen-bond acceptors (Lipinski definition) is 8. The maximum absolute atomic E-state index is 12.7. The van der Waals surface area contributed by atoms with Crippen molar-refractivity contribution in [2.75, 3.05) is 23.9 Å². The van der Waals surface area contributed by atoms with E-state index in [0.29, 0.717) is 28.5 Å². The highest BCUT2D eigenvalue weighted by Crippen LogP contribution is 2.39. The molecule has 0 aliphatic heterocycles. The van der Waals surface area contributed by atoms with Crippen molar-refractivity contribution in [3.63, 3.8) is 0 Å². The number of rotatable bonds is 6. The van der Waals surface area contributed by atoms with Gasteiger partial charge < -0.3 is 9.64 Å². The minimum absolute atomic E-state index is 0.0735. The molecule has 2 aromatic heterocycles. The molecule has 2 amide bonds. The van der Waals surface area contributed by atoms with E-state index in [1.54, 1.807) is 42.3 Å². The average molecular weight is 437 g/mol. The standard InChI is InChI=1S/C20H19N7O3S/c1-4-26(12(2)28)15-9-10-16(30-3)17-18(15)31-20(22-17)23-19(29)13-5-7-14(8-6-13)27-11-21-24-25-27/h5-11H,4H2,1-3H3,(H,22,23,29). The number of methoxy groups -OCH3 is 1. The molecule has 0 bridgehead atoms. The van der Waals surface area contributed by atoms with Crippen LogP contribution in [0.3, 0.4) is 0 Å². The number of hydrogen-bond donors (Lipinski definition) is 1. The second-order valence-electron chi connectivity index (χ2n) is 6.50. The molecular weight excluding hydrogens is 418 g/mol. The summed E-state index contributed by atoms with van der Waals surface area (Å²) in [4.78, 5) is 31.0. The summed E-state index contributed by atoms with van der Waals surface area (Å²) in [7, 11) is 1.56. The highest BCUT2D eigenvalue weighted by atomic mass is 32.1. The summed E-state index contributed by atoms with van der Waals surface area (Å²) in [5.74, 6) is 0.193. The van der Waals surface area contributed by atoms with Crippen molar-refractivity contribution in [1.82, 2.24) is 25.2 Å². The molecule has 0 saturated heterocycles. The Labute approximate surface area is 181 Å². The molecule has 0 aliphatic carbocycles. The Morgan fingerprint density at radius 2 is 1.97 bits per heavy atom. The molecule has 0 saturated carbocycles. The Kier molecular flexibility index (Phi) is 5.58. The summed E-state index contributed by atoms with van der Waals surface area (Å²) in [6.45, 7) is 3.94. The van der Waals surface area contributed by atoms with Gasteiger partial charge in [0, 0.05) is 19.0 Å². The Hall–Kier alpha value is -3.86. The van der Waals surface area contributed by atoms with Crippen LogP contribution in [0.1, 0.15) is 24.2 Å². The van der Waals surface area contributed by atoms with Crippen molar-refractivity contribution in [3.8, 4) is 11.4 Å². The zero-order valence-electron chi connectivity index (χ0n) is 17.1. The van der Waals surface area contributed by atoms with E-state index in [4.69, 9.17) is 4.74 Å². The van der Waals surface area contributed by atoms with Gasteiger partial charge in [0.25, 0.3) is 5.91 Å². The number of nitrogens with one attached hydrogen (secondary N) is 1. The molecule has 11 heteroatoms. The van der Waals surface area contributed by atoms with Crippen molar-refractivity contribution < 1.29 is 14.3 Å². The van der Waals surface area contributed by atoms with Gasteiger partial charge in [0.2, 0.25) is 5.91 Å². The summed E-state index contributed by atoms with van der Waals surface area (Å²) in [5, 5.41) is 14.2. The number of aromatic nitrogens is 5. The summed E-state index contributed by atoms with van der Waals surface area (Å²) in [5.41, 5.74) is 2.52. The lowest BCUT2D eigenvalue weighted by atomic mass is 10.2. The van der Waals surface area contributed by atoms with Crippen LogP contribution in [0.4, 0.5) is 10.8 Å².